The zero-order valence-corrected chi connectivity index (χ0v) is 9.03. The summed E-state index contributed by atoms with van der Waals surface area (Å²) in [4.78, 5) is 13.2. The molecule has 2 heterocycles. The topological polar surface area (TPSA) is 61.8 Å². The van der Waals surface area contributed by atoms with Gasteiger partial charge < -0.3 is 20.1 Å². The fourth-order valence-electron chi connectivity index (χ4n) is 2.14. The average Bonchev–Trinajstić information content (AvgIpc) is 2.51. The summed E-state index contributed by atoms with van der Waals surface area (Å²) in [7, 11) is 0. The van der Waals surface area contributed by atoms with Gasteiger partial charge in [-0.3, -0.25) is 0 Å². The van der Waals surface area contributed by atoms with Crippen molar-refractivity contribution in [3.63, 3.8) is 0 Å². The summed E-state index contributed by atoms with van der Waals surface area (Å²) in [5, 5.41) is 13.1. The second-order valence-electron chi connectivity index (χ2n) is 4.37. The molecule has 0 aliphatic carbocycles. The van der Waals surface area contributed by atoms with Crippen molar-refractivity contribution in [1.82, 2.24) is 10.2 Å². The first kappa shape index (κ1) is 10.7. The van der Waals surface area contributed by atoms with Gasteiger partial charge in [0.1, 0.15) is 5.60 Å². The van der Waals surface area contributed by atoms with Crippen LogP contribution in [0, 0.1) is 0 Å². The highest BCUT2D eigenvalue weighted by molar-refractivity contribution is 5.74. The van der Waals surface area contributed by atoms with Gasteiger partial charge in [0.15, 0.2) is 0 Å². The quantitative estimate of drug-likeness (QED) is 0.677. The third-order valence-electron chi connectivity index (χ3n) is 3.29. The Bertz CT molecular complexity index is 259. The lowest BCUT2D eigenvalue weighted by Gasteiger charge is -2.35. The second-order valence-corrected chi connectivity index (χ2v) is 4.37. The lowest BCUT2D eigenvalue weighted by Crippen LogP contribution is -2.54. The number of hydrogen-bond donors (Lipinski definition) is 2. The van der Waals surface area contributed by atoms with Crippen molar-refractivity contribution in [2.24, 2.45) is 0 Å². The minimum Gasteiger partial charge on any atom is -0.385 e. The van der Waals surface area contributed by atoms with Crippen molar-refractivity contribution in [1.29, 1.82) is 0 Å². The van der Waals surface area contributed by atoms with E-state index in [4.69, 9.17) is 4.74 Å². The van der Waals surface area contributed by atoms with Gasteiger partial charge in [-0.2, -0.15) is 0 Å². The van der Waals surface area contributed by atoms with Crippen molar-refractivity contribution in [2.45, 2.75) is 31.5 Å². The number of β-amino-alcohol motifs (C(OH)–C–C–N with tert-alkyl or cyclic N) is 1. The molecule has 15 heavy (non-hydrogen) atoms. The smallest absolute Gasteiger partial charge is 0.317 e. The van der Waals surface area contributed by atoms with Crippen LogP contribution in [0.3, 0.4) is 0 Å². The SMILES string of the molecule is CC1OCCC1(O)CN1CCCNC1=O. The summed E-state index contributed by atoms with van der Waals surface area (Å²) < 4.78 is 5.34. The average molecular weight is 214 g/mol. The van der Waals surface area contributed by atoms with Crippen molar-refractivity contribution >= 4 is 6.03 Å². The van der Waals surface area contributed by atoms with Crippen molar-refractivity contribution in [2.75, 3.05) is 26.2 Å². The van der Waals surface area contributed by atoms with E-state index in [0.717, 1.165) is 19.5 Å². The van der Waals surface area contributed by atoms with Gasteiger partial charge in [-0.1, -0.05) is 0 Å². The molecule has 2 rings (SSSR count). The van der Waals surface area contributed by atoms with Gasteiger partial charge in [-0.15, -0.1) is 0 Å². The number of ether oxygens (including phenoxy) is 1. The van der Waals surface area contributed by atoms with Gasteiger partial charge in [0.2, 0.25) is 0 Å². The van der Waals surface area contributed by atoms with Crippen molar-refractivity contribution < 1.29 is 14.6 Å². The largest absolute Gasteiger partial charge is 0.385 e. The number of hydrogen-bond acceptors (Lipinski definition) is 3. The molecule has 0 spiro atoms. The van der Waals surface area contributed by atoms with Gasteiger partial charge in [0.25, 0.3) is 0 Å². The van der Waals surface area contributed by atoms with Crippen LogP contribution in [0.2, 0.25) is 0 Å². The fraction of sp³-hybridized carbons (Fsp3) is 0.900. The van der Waals surface area contributed by atoms with Crippen LogP contribution in [-0.2, 0) is 4.74 Å². The first-order valence-corrected chi connectivity index (χ1v) is 5.48. The van der Waals surface area contributed by atoms with Crippen LogP contribution in [0.15, 0.2) is 0 Å². The maximum atomic E-state index is 11.5. The maximum Gasteiger partial charge on any atom is 0.317 e. The van der Waals surface area contributed by atoms with E-state index in [9.17, 15) is 9.90 Å². The van der Waals surface area contributed by atoms with Crippen LogP contribution in [0.5, 0.6) is 0 Å². The Morgan fingerprint density at radius 1 is 1.73 bits per heavy atom. The van der Waals surface area contributed by atoms with Crippen LogP contribution in [0.1, 0.15) is 19.8 Å². The molecule has 2 unspecified atom stereocenters. The molecule has 2 fully saturated rings. The molecule has 86 valence electrons. The Labute approximate surface area is 89.4 Å². The second kappa shape index (κ2) is 3.98. The Balaban J connectivity index is 1.97. The van der Waals surface area contributed by atoms with E-state index in [1.807, 2.05) is 6.92 Å². The monoisotopic (exact) mass is 214 g/mol. The number of nitrogens with zero attached hydrogens (tertiary/aromatic N) is 1. The van der Waals surface area contributed by atoms with Gasteiger partial charge in [-0.25, -0.2) is 4.79 Å². The van der Waals surface area contributed by atoms with E-state index in [-0.39, 0.29) is 12.1 Å². The van der Waals surface area contributed by atoms with Crippen LogP contribution < -0.4 is 5.32 Å². The summed E-state index contributed by atoms with van der Waals surface area (Å²) >= 11 is 0. The molecule has 2 amide bonds. The van der Waals surface area contributed by atoms with Gasteiger partial charge >= 0.3 is 6.03 Å². The molecular weight excluding hydrogens is 196 g/mol. The Hall–Kier alpha value is -0.810. The number of carbonyl (C=O) groups is 1. The lowest BCUT2D eigenvalue weighted by molar-refractivity contribution is -0.0433. The van der Waals surface area contributed by atoms with E-state index >= 15 is 0 Å². The third-order valence-corrected chi connectivity index (χ3v) is 3.29. The molecular formula is C10H18N2O3. The normalized spacial score (nSPS) is 36.8. The minimum absolute atomic E-state index is 0.0752. The highest BCUT2D eigenvalue weighted by Crippen LogP contribution is 2.27. The third kappa shape index (κ3) is 2.08. The number of amides is 2. The number of rotatable bonds is 2. The molecule has 0 bridgehead atoms. The maximum absolute atomic E-state index is 11.5. The number of urea groups is 1. The standard InChI is InChI=1S/C10H18N2O3/c1-8-10(14,3-6-15-8)7-12-5-2-4-11-9(12)13/h8,14H,2-7H2,1H3,(H,11,13). The van der Waals surface area contributed by atoms with Crippen molar-refractivity contribution in [3.8, 4) is 0 Å². The first-order valence-electron chi connectivity index (χ1n) is 5.48. The lowest BCUT2D eigenvalue weighted by atomic mass is 9.96. The van der Waals surface area contributed by atoms with Crippen LogP contribution >= 0.6 is 0 Å². The summed E-state index contributed by atoms with van der Waals surface area (Å²) in [6.45, 7) is 4.27. The molecule has 5 nitrogen and oxygen atoms in total. The van der Waals surface area contributed by atoms with E-state index in [1.165, 1.54) is 0 Å². The Kier molecular flexibility index (Phi) is 2.84. The van der Waals surface area contributed by atoms with E-state index < -0.39 is 5.60 Å². The molecule has 2 N–H and O–H groups in total. The van der Waals surface area contributed by atoms with Crippen LogP contribution in [-0.4, -0.2) is 54.0 Å². The molecule has 0 aromatic rings. The van der Waals surface area contributed by atoms with E-state index in [1.54, 1.807) is 4.90 Å². The highest BCUT2D eigenvalue weighted by Gasteiger charge is 2.42. The Morgan fingerprint density at radius 2 is 2.53 bits per heavy atom. The molecule has 2 atom stereocenters. The van der Waals surface area contributed by atoms with Crippen LogP contribution in [0.25, 0.3) is 0 Å². The van der Waals surface area contributed by atoms with Crippen molar-refractivity contribution in [3.05, 3.63) is 0 Å². The summed E-state index contributed by atoms with van der Waals surface area (Å²) in [5.41, 5.74) is -0.866. The molecule has 2 saturated heterocycles. The first-order chi connectivity index (χ1) is 7.12. The molecule has 0 saturated carbocycles. The number of nitrogens with one attached hydrogen (secondary N) is 1. The van der Waals surface area contributed by atoms with Crippen LogP contribution in [0.4, 0.5) is 4.79 Å². The van der Waals surface area contributed by atoms with E-state index in [2.05, 4.69) is 5.32 Å². The predicted octanol–water partition coefficient (Wildman–Crippen LogP) is -0.0584. The highest BCUT2D eigenvalue weighted by atomic mass is 16.5. The summed E-state index contributed by atoms with van der Waals surface area (Å²) in [5.74, 6) is 0. The molecule has 2 aliphatic heterocycles. The molecule has 0 aromatic carbocycles. The van der Waals surface area contributed by atoms with Gasteiger partial charge in [0, 0.05) is 26.1 Å². The fourth-order valence-corrected chi connectivity index (χ4v) is 2.14. The van der Waals surface area contributed by atoms with Gasteiger partial charge in [0.05, 0.1) is 12.6 Å². The van der Waals surface area contributed by atoms with Gasteiger partial charge in [-0.05, 0) is 13.3 Å². The molecule has 0 aromatic heterocycles. The molecule has 2 aliphatic rings. The minimum atomic E-state index is -0.866. The predicted molar refractivity (Wildman–Crippen MR) is 54.6 cm³/mol. The van der Waals surface area contributed by atoms with E-state index in [0.29, 0.717) is 19.6 Å². The summed E-state index contributed by atoms with van der Waals surface area (Å²) in [6, 6.07) is -0.0752. The zero-order chi connectivity index (χ0) is 10.9. The zero-order valence-electron chi connectivity index (χ0n) is 9.03. The number of carbonyl (C=O) groups excluding carboxylic acids is 1. The number of aliphatic hydroxyl groups is 1. The molecule has 0 radical (unpaired) electrons. The molecule has 5 heteroatoms. The summed E-state index contributed by atoms with van der Waals surface area (Å²) in [6.07, 6.45) is 1.36. The Morgan fingerprint density at radius 3 is 3.13 bits per heavy atom.